The van der Waals surface area contributed by atoms with E-state index in [2.05, 4.69) is 0 Å². The third-order valence-corrected chi connectivity index (χ3v) is 2.61. The number of hydrogen-bond donors (Lipinski definition) is 1. The molecular weight excluding hydrogens is 253 g/mol. The van der Waals surface area contributed by atoms with Gasteiger partial charge in [0, 0.05) is 12.5 Å². The molecule has 0 saturated carbocycles. The van der Waals surface area contributed by atoms with Crippen LogP contribution < -0.4 is 0 Å². The number of aliphatic hydroxyl groups excluding tert-OH is 1. The second-order valence-corrected chi connectivity index (χ2v) is 5.53. The molecule has 0 fully saturated rings. The SMILES string of the molecule is OCCC(C(Cl)Cl)C(Cl)(Cl)Cl. The first-order chi connectivity index (χ1) is 4.89. The minimum Gasteiger partial charge on any atom is -0.396 e. The van der Waals surface area contributed by atoms with Gasteiger partial charge in [-0.3, -0.25) is 0 Å². The summed E-state index contributed by atoms with van der Waals surface area (Å²) in [5.41, 5.74) is 0. The zero-order chi connectivity index (χ0) is 9.07. The van der Waals surface area contributed by atoms with Gasteiger partial charge >= 0.3 is 0 Å². The fraction of sp³-hybridized carbons (Fsp3) is 1.00. The smallest absolute Gasteiger partial charge is 0.196 e. The standard InChI is InChI=1S/C5H7Cl5O/c6-4(7)3(1-2-11)5(8,9)10/h3-4,11H,1-2H2. The molecule has 0 radical (unpaired) electrons. The molecule has 0 spiro atoms. The van der Waals surface area contributed by atoms with Crippen molar-refractivity contribution >= 4 is 58.0 Å². The molecule has 1 nitrogen and oxygen atoms in total. The molecule has 0 aliphatic heterocycles. The van der Waals surface area contributed by atoms with E-state index in [0.29, 0.717) is 0 Å². The minimum absolute atomic E-state index is 0.103. The topological polar surface area (TPSA) is 20.2 Å². The molecule has 0 heterocycles. The lowest BCUT2D eigenvalue weighted by Crippen LogP contribution is -2.26. The Morgan fingerprint density at radius 3 is 1.73 bits per heavy atom. The summed E-state index contributed by atoms with van der Waals surface area (Å²) >= 11 is 27.6. The van der Waals surface area contributed by atoms with Gasteiger partial charge < -0.3 is 5.11 Å². The summed E-state index contributed by atoms with van der Waals surface area (Å²) in [6.07, 6.45) is 0.272. The Balaban J connectivity index is 4.10. The van der Waals surface area contributed by atoms with E-state index in [1.54, 1.807) is 0 Å². The molecule has 0 aromatic rings. The number of rotatable bonds is 3. The van der Waals surface area contributed by atoms with E-state index in [9.17, 15) is 0 Å². The van der Waals surface area contributed by atoms with Crippen molar-refractivity contribution in [2.45, 2.75) is 15.0 Å². The molecule has 0 amide bonds. The lowest BCUT2D eigenvalue weighted by Gasteiger charge is -2.24. The Labute approximate surface area is 90.5 Å². The van der Waals surface area contributed by atoms with Crippen molar-refractivity contribution in [3.8, 4) is 0 Å². The molecule has 0 bridgehead atoms. The van der Waals surface area contributed by atoms with E-state index in [0.717, 1.165) is 0 Å². The molecule has 0 aromatic carbocycles. The predicted molar refractivity (Wildman–Crippen MR) is 51.0 cm³/mol. The van der Waals surface area contributed by atoms with Crippen molar-refractivity contribution in [1.82, 2.24) is 0 Å². The maximum absolute atomic E-state index is 8.56. The van der Waals surface area contributed by atoms with Crippen molar-refractivity contribution in [3.05, 3.63) is 0 Å². The number of aliphatic hydroxyl groups is 1. The summed E-state index contributed by atoms with van der Waals surface area (Å²) in [5.74, 6) is -0.541. The van der Waals surface area contributed by atoms with Crippen molar-refractivity contribution in [1.29, 1.82) is 0 Å². The highest BCUT2D eigenvalue weighted by molar-refractivity contribution is 6.68. The van der Waals surface area contributed by atoms with Gasteiger partial charge in [0.05, 0.1) is 0 Å². The van der Waals surface area contributed by atoms with Gasteiger partial charge in [0.1, 0.15) is 4.84 Å². The Morgan fingerprint density at radius 1 is 1.18 bits per heavy atom. The van der Waals surface area contributed by atoms with Gasteiger partial charge in [-0.25, -0.2) is 0 Å². The van der Waals surface area contributed by atoms with E-state index < -0.39 is 14.5 Å². The van der Waals surface area contributed by atoms with Crippen LogP contribution in [0.1, 0.15) is 6.42 Å². The van der Waals surface area contributed by atoms with Crippen molar-refractivity contribution in [2.24, 2.45) is 5.92 Å². The fourth-order valence-corrected chi connectivity index (χ4v) is 2.29. The van der Waals surface area contributed by atoms with Gasteiger partial charge in [-0.05, 0) is 6.42 Å². The highest BCUT2D eigenvalue weighted by Gasteiger charge is 2.36. The van der Waals surface area contributed by atoms with Crippen LogP contribution >= 0.6 is 58.0 Å². The number of alkyl halides is 5. The molecule has 1 unspecified atom stereocenters. The van der Waals surface area contributed by atoms with Gasteiger partial charge in [0.25, 0.3) is 0 Å². The largest absolute Gasteiger partial charge is 0.396 e. The molecule has 0 saturated heterocycles. The molecule has 0 aliphatic rings. The minimum atomic E-state index is -1.52. The molecule has 6 heteroatoms. The van der Waals surface area contributed by atoms with E-state index in [1.807, 2.05) is 0 Å². The van der Waals surface area contributed by atoms with Gasteiger partial charge in [-0.15, -0.1) is 23.2 Å². The van der Waals surface area contributed by atoms with Crippen LogP contribution in [-0.2, 0) is 0 Å². The van der Waals surface area contributed by atoms with Gasteiger partial charge in [0.2, 0.25) is 0 Å². The summed E-state index contributed by atoms with van der Waals surface area (Å²) in [5, 5.41) is 8.56. The molecule has 0 aromatic heterocycles. The molecule has 1 atom stereocenters. The third-order valence-electron chi connectivity index (χ3n) is 1.16. The van der Waals surface area contributed by atoms with E-state index in [1.165, 1.54) is 0 Å². The molecule has 68 valence electrons. The highest BCUT2D eigenvalue weighted by Crippen LogP contribution is 2.41. The van der Waals surface area contributed by atoms with Gasteiger partial charge in [0.15, 0.2) is 3.79 Å². The monoisotopic (exact) mass is 258 g/mol. The normalized spacial score (nSPS) is 15.5. The van der Waals surface area contributed by atoms with Crippen LogP contribution in [0.4, 0.5) is 0 Å². The van der Waals surface area contributed by atoms with Crippen LogP contribution in [0.15, 0.2) is 0 Å². The van der Waals surface area contributed by atoms with Crippen LogP contribution in [0.2, 0.25) is 0 Å². The van der Waals surface area contributed by atoms with Crippen LogP contribution in [0.3, 0.4) is 0 Å². The Morgan fingerprint density at radius 2 is 1.64 bits per heavy atom. The number of halogens is 5. The Kier molecular flexibility index (Phi) is 5.87. The maximum atomic E-state index is 8.56. The van der Waals surface area contributed by atoms with Crippen LogP contribution in [0.25, 0.3) is 0 Å². The zero-order valence-electron chi connectivity index (χ0n) is 5.41. The highest BCUT2D eigenvalue weighted by atomic mass is 35.6. The second-order valence-electron chi connectivity index (χ2n) is 1.99. The zero-order valence-corrected chi connectivity index (χ0v) is 9.19. The average molecular weight is 260 g/mol. The van der Waals surface area contributed by atoms with E-state index in [-0.39, 0.29) is 13.0 Å². The third kappa shape index (κ3) is 4.87. The van der Waals surface area contributed by atoms with Gasteiger partial charge in [-0.1, -0.05) is 34.8 Å². The number of hydrogen-bond acceptors (Lipinski definition) is 1. The van der Waals surface area contributed by atoms with Crippen molar-refractivity contribution in [3.63, 3.8) is 0 Å². The first-order valence-electron chi connectivity index (χ1n) is 2.85. The van der Waals surface area contributed by atoms with Gasteiger partial charge in [-0.2, -0.15) is 0 Å². The van der Waals surface area contributed by atoms with Crippen LogP contribution in [-0.4, -0.2) is 20.3 Å². The Bertz CT molecular complexity index is 110. The van der Waals surface area contributed by atoms with E-state index >= 15 is 0 Å². The van der Waals surface area contributed by atoms with Crippen LogP contribution in [0.5, 0.6) is 0 Å². The maximum Gasteiger partial charge on any atom is 0.196 e. The molecule has 1 N–H and O–H groups in total. The Hall–Kier alpha value is 1.41. The lowest BCUT2D eigenvalue weighted by atomic mass is 10.1. The van der Waals surface area contributed by atoms with Crippen molar-refractivity contribution in [2.75, 3.05) is 6.61 Å². The summed E-state index contributed by atoms with van der Waals surface area (Å²) in [7, 11) is 0. The lowest BCUT2D eigenvalue weighted by molar-refractivity contribution is 0.261. The summed E-state index contributed by atoms with van der Waals surface area (Å²) in [6, 6.07) is 0. The molecule has 0 rings (SSSR count). The molecular formula is C5H7Cl5O. The van der Waals surface area contributed by atoms with E-state index in [4.69, 9.17) is 63.1 Å². The van der Waals surface area contributed by atoms with Crippen LogP contribution in [0, 0.1) is 5.92 Å². The fourth-order valence-electron chi connectivity index (χ4n) is 0.572. The first-order valence-corrected chi connectivity index (χ1v) is 4.86. The summed E-state index contributed by atoms with van der Waals surface area (Å²) < 4.78 is -1.52. The quantitative estimate of drug-likeness (QED) is 0.773. The molecule has 0 aliphatic carbocycles. The second kappa shape index (κ2) is 5.21. The predicted octanol–water partition coefficient (Wildman–Crippen LogP) is 3.16. The summed E-state index contributed by atoms with van der Waals surface area (Å²) in [6.45, 7) is -0.103. The average Bonchev–Trinajstić information content (AvgIpc) is 1.79. The van der Waals surface area contributed by atoms with Crippen molar-refractivity contribution < 1.29 is 5.11 Å². The molecule has 11 heavy (non-hydrogen) atoms. The first kappa shape index (κ1) is 12.4. The summed E-state index contributed by atoms with van der Waals surface area (Å²) in [4.78, 5) is -0.783.